The third kappa shape index (κ3) is 4.81. The molecule has 0 aliphatic carbocycles. The van der Waals surface area contributed by atoms with Crippen molar-refractivity contribution in [2.45, 2.75) is 25.8 Å². The number of hydrogen-bond acceptors (Lipinski definition) is 4. The van der Waals surface area contributed by atoms with E-state index in [1.54, 1.807) is 0 Å². The van der Waals surface area contributed by atoms with Crippen LogP contribution < -0.4 is 20.9 Å². The van der Waals surface area contributed by atoms with Crippen LogP contribution in [0, 0.1) is 5.92 Å². The van der Waals surface area contributed by atoms with E-state index in [9.17, 15) is 4.79 Å². The fourth-order valence-electron chi connectivity index (χ4n) is 2.95. The second kappa shape index (κ2) is 8.65. The van der Waals surface area contributed by atoms with Crippen LogP contribution in [0.15, 0.2) is 54.6 Å². The summed E-state index contributed by atoms with van der Waals surface area (Å²) in [5.74, 6) is 0.631. The molecule has 1 saturated heterocycles. The molecule has 1 fully saturated rings. The Kier molecular flexibility index (Phi) is 6.04. The Morgan fingerprint density at radius 2 is 1.92 bits per heavy atom. The van der Waals surface area contributed by atoms with Gasteiger partial charge < -0.3 is 10.1 Å². The number of carbonyl (C=O) groups excluding carboxylic acids is 1. The van der Waals surface area contributed by atoms with Crippen LogP contribution in [0.2, 0.25) is 0 Å². The van der Waals surface area contributed by atoms with Crippen molar-refractivity contribution in [1.29, 1.82) is 0 Å². The van der Waals surface area contributed by atoms with Gasteiger partial charge in [-0.15, -0.1) is 0 Å². The van der Waals surface area contributed by atoms with Crippen LogP contribution in [0.1, 0.15) is 18.9 Å². The van der Waals surface area contributed by atoms with Crippen LogP contribution in [-0.2, 0) is 11.2 Å². The van der Waals surface area contributed by atoms with Crippen LogP contribution >= 0.6 is 0 Å². The first-order valence-corrected chi connectivity index (χ1v) is 8.79. The molecule has 2 aromatic carbocycles. The summed E-state index contributed by atoms with van der Waals surface area (Å²) in [6.07, 6.45) is 1.91. The molecule has 3 N–H and O–H groups in total. The van der Waals surface area contributed by atoms with Gasteiger partial charge in [-0.05, 0) is 37.5 Å². The Morgan fingerprint density at radius 1 is 1.16 bits per heavy atom. The average molecular weight is 339 g/mol. The summed E-state index contributed by atoms with van der Waals surface area (Å²) in [5, 5.41) is 3.00. The lowest BCUT2D eigenvalue weighted by Gasteiger charge is -2.16. The van der Waals surface area contributed by atoms with Gasteiger partial charge in [0.2, 0.25) is 5.91 Å². The van der Waals surface area contributed by atoms with E-state index >= 15 is 0 Å². The Labute approximate surface area is 148 Å². The van der Waals surface area contributed by atoms with E-state index < -0.39 is 0 Å². The molecule has 2 atom stereocenters. The van der Waals surface area contributed by atoms with Crippen molar-refractivity contribution in [1.82, 2.24) is 10.9 Å². The van der Waals surface area contributed by atoms with Crippen molar-refractivity contribution in [3.05, 3.63) is 60.2 Å². The smallest absolute Gasteiger partial charge is 0.230 e. The monoisotopic (exact) mass is 339 g/mol. The molecule has 1 heterocycles. The zero-order valence-electron chi connectivity index (χ0n) is 14.5. The van der Waals surface area contributed by atoms with Gasteiger partial charge in [0.25, 0.3) is 0 Å². The molecule has 1 aliphatic heterocycles. The summed E-state index contributed by atoms with van der Waals surface area (Å²) in [5.41, 5.74) is 8.12. The summed E-state index contributed by atoms with van der Waals surface area (Å²) in [6, 6.07) is 18.1. The molecule has 0 saturated carbocycles. The van der Waals surface area contributed by atoms with Gasteiger partial charge >= 0.3 is 0 Å². The fourth-order valence-corrected chi connectivity index (χ4v) is 2.95. The minimum absolute atomic E-state index is 0.00494. The van der Waals surface area contributed by atoms with Gasteiger partial charge in [0.1, 0.15) is 5.75 Å². The van der Waals surface area contributed by atoms with Gasteiger partial charge in [0.15, 0.2) is 0 Å². The van der Waals surface area contributed by atoms with E-state index in [-0.39, 0.29) is 17.9 Å². The molecule has 3 rings (SSSR count). The van der Waals surface area contributed by atoms with E-state index in [0.29, 0.717) is 13.2 Å². The zero-order chi connectivity index (χ0) is 17.5. The quantitative estimate of drug-likeness (QED) is 0.679. The normalized spacial score (nSPS) is 19.6. The molecular weight excluding hydrogens is 314 g/mol. The summed E-state index contributed by atoms with van der Waals surface area (Å²) < 4.78 is 5.90. The Hall–Kier alpha value is -2.37. The Balaban J connectivity index is 1.53. The Bertz CT molecular complexity index is 690. The second-order valence-electron chi connectivity index (χ2n) is 6.34. The lowest BCUT2D eigenvalue weighted by Crippen LogP contribution is -2.33. The van der Waals surface area contributed by atoms with Crippen molar-refractivity contribution >= 4 is 11.6 Å². The van der Waals surface area contributed by atoms with E-state index in [4.69, 9.17) is 4.74 Å². The minimum Gasteiger partial charge on any atom is -0.491 e. The number of aryl methyl sites for hydroxylation is 1. The van der Waals surface area contributed by atoms with Gasteiger partial charge in [0.05, 0.1) is 18.2 Å². The maximum absolute atomic E-state index is 12.4. The molecule has 0 aromatic heterocycles. The molecule has 132 valence electrons. The summed E-state index contributed by atoms with van der Waals surface area (Å²) >= 11 is 0. The van der Waals surface area contributed by atoms with Crippen molar-refractivity contribution in [2.75, 3.05) is 18.5 Å². The maximum Gasteiger partial charge on any atom is 0.230 e. The molecule has 5 nitrogen and oxygen atoms in total. The number of benzene rings is 2. The number of hydrogen-bond donors (Lipinski definition) is 3. The number of carbonyl (C=O) groups is 1. The molecular formula is C20H25N3O2. The standard InChI is InChI=1S/C20H25N3O2/c1-15-17(14-21-23-15)20(24)22-18-11-5-6-12-19(18)25-13-7-10-16-8-3-2-4-9-16/h2-6,8-9,11-12,15,17,21,23H,7,10,13-14H2,1H3,(H,22,24). The molecule has 2 unspecified atom stereocenters. The lowest BCUT2D eigenvalue weighted by atomic mass is 10.0. The SMILES string of the molecule is CC1NNCC1C(=O)Nc1ccccc1OCCCc1ccccc1. The summed E-state index contributed by atoms with van der Waals surface area (Å²) in [4.78, 5) is 12.4. The van der Waals surface area contributed by atoms with Crippen LogP contribution in [-0.4, -0.2) is 25.1 Å². The number of amides is 1. The van der Waals surface area contributed by atoms with Crippen LogP contribution in [0.5, 0.6) is 5.75 Å². The number of para-hydroxylation sites is 2. The van der Waals surface area contributed by atoms with Crippen LogP contribution in [0.4, 0.5) is 5.69 Å². The van der Waals surface area contributed by atoms with Gasteiger partial charge in [-0.2, -0.15) is 0 Å². The Morgan fingerprint density at radius 3 is 2.68 bits per heavy atom. The van der Waals surface area contributed by atoms with E-state index in [1.165, 1.54) is 5.56 Å². The van der Waals surface area contributed by atoms with Crippen molar-refractivity contribution in [3.8, 4) is 5.75 Å². The highest BCUT2D eigenvalue weighted by Crippen LogP contribution is 2.25. The molecule has 0 spiro atoms. The predicted octanol–water partition coefficient (Wildman–Crippen LogP) is 2.75. The summed E-state index contributed by atoms with van der Waals surface area (Å²) in [6.45, 7) is 3.24. The van der Waals surface area contributed by atoms with Gasteiger partial charge in [-0.3, -0.25) is 15.6 Å². The number of nitrogens with one attached hydrogen (secondary N) is 3. The number of anilines is 1. The van der Waals surface area contributed by atoms with E-state index in [0.717, 1.165) is 24.3 Å². The van der Waals surface area contributed by atoms with Gasteiger partial charge in [0, 0.05) is 12.6 Å². The highest BCUT2D eigenvalue weighted by molar-refractivity contribution is 5.94. The third-order valence-electron chi connectivity index (χ3n) is 4.45. The van der Waals surface area contributed by atoms with Crippen LogP contribution in [0.25, 0.3) is 0 Å². The number of ether oxygens (including phenoxy) is 1. The van der Waals surface area contributed by atoms with E-state index in [2.05, 4.69) is 40.4 Å². The molecule has 1 aliphatic rings. The highest BCUT2D eigenvalue weighted by atomic mass is 16.5. The van der Waals surface area contributed by atoms with Gasteiger partial charge in [-0.25, -0.2) is 0 Å². The summed E-state index contributed by atoms with van der Waals surface area (Å²) in [7, 11) is 0. The number of hydrazine groups is 1. The second-order valence-corrected chi connectivity index (χ2v) is 6.34. The predicted molar refractivity (Wildman–Crippen MR) is 99.4 cm³/mol. The number of rotatable bonds is 7. The van der Waals surface area contributed by atoms with Gasteiger partial charge in [-0.1, -0.05) is 42.5 Å². The van der Waals surface area contributed by atoms with Crippen molar-refractivity contribution < 1.29 is 9.53 Å². The highest BCUT2D eigenvalue weighted by Gasteiger charge is 2.29. The largest absolute Gasteiger partial charge is 0.491 e. The topological polar surface area (TPSA) is 62.4 Å². The minimum atomic E-state index is -0.0915. The third-order valence-corrected chi connectivity index (χ3v) is 4.45. The molecule has 0 radical (unpaired) electrons. The first-order valence-electron chi connectivity index (χ1n) is 8.79. The fraction of sp³-hybridized carbons (Fsp3) is 0.350. The first kappa shape index (κ1) is 17.5. The zero-order valence-corrected chi connectivity index (χ0v) is 14.5. The molecule has 25 heavy (non-hydrogen) atoms. The molecule has 1 amide bonds. The maximum atomic E-state index is 12.4. The van der Waals surface area contributed by atoms with Crippen molar-refractivity contribution in [2.24, 2.45) is 5.92 Å². The molecule has 5 heteroatoms. The molecule has 0 bridgehead atoms. The lowest BCUT2D eigenvalue weighted by molar-refractivity contribution is -0.119. The van der Waals surface area contributed by atoms with Crippen molar-refractivity contribution in [3.63, 3.8) is 0 Å². The van der Waals surface area contributed by atoms with E-state index in [1.807, 2.05) is 37.3 Å². The molecule has 2 aromatic rings. The first-order chi connectivity index (χ1) is 12.2. The average Bonchev–Trinajstić information content (AvgIpc) is 3.07. The van der Waals surface area contributed by atoms with Crippen LogP contribution in [0.3, 0.4) is 0 Å².